The van der Waals surface area contributed by atoms with Gasteiger partial charge in [-0.05, 0) is 31.0 Å². The van der Waals surface area contributed by atoms with Gasteiger partial charge >= 0.3 is 0 Å². The Morgan fingerprint density at radius 3 is 2.29 bits per heavy atom. The van der Waals surface area contributed by atoms with Crippen molar-refractivity contribution in [3.05, 3.63) is 33.8 Å². The highest BCUT2D eigenvalue weighted by atomic mass is 35.5. The Labute approximate surface area is 89.5 Å². The van der Waals surface area contributed by atoms with E-state index < -0.39 is 0 Å². The highest BCUT2D eigenvalue weighted by Crippen LogP contribution is 2.21. The number of rotatable bonds is 1. The van der Waals surface area contributed by atoms with Crippen molar-refractivity contribution >= 4 is 17.5 Å². The van der Waals surface area contributed by atoms with E-state index in [1.807, 2.05) is 19.9 Å². The summed E-state index contributed by atoms with van der Waals surface area (Å²) in [4.78, 5) is 13.2. The lowest BCUT2D eigenvalue weighted by atomic mass is 10.0. The lowest BCUT2D eigenvalue weighted by Gasteiger charge is -2.13. The first-order chi connectivity index (χ1) is 6.43. The third-order valence-corrected chi connectivity index (χ3v) is 2.55. The lowest BCUT2D eigenvalue weighted by Crippen LogP contribution is -2.22. The minimum absolute atomic E-state index is 0.00981. The van der Waals surface area contributed by atoms with Crippen LogP contribution in [0.1, 0.15) is 21.5 Å². The molecule has 76 valence electrons. The number of aryl methyl sites for hydroxylation is 2. The van der Waals surface area contributed by atoms with Gasteiger partial charge < -0.3 is 4.90 Å². The van der Waals surface area contributed by atoms with E-state index in [0.29, 0.717) is 10.6 Å². The molecule has 2 nitrogen and oxygen atoms in total. The van der Waals surface area contributed by atoms with Crippen LogP contribution in [0.2, 0.25) is 5.02 Å². The Morgan fingerprint density at radius 1 is 1.21 bits per heavy atom. The fourth-order valence-electron chi connectivity index (χ4n) is 1.30. The first kappa shape index (κ1) is 11.1. The molecule has 1 aromatic rings. The first-order valence-electron chi connectivity index (χ1n) is 4.42. The number of carbonyl (C=O) groups excluding carboxylic acids is 1. The van der Waals surface area contributed by atoms with Crippen LogP contribution in [-0.4, -0.2) is 24.9 Å². The highest BCUT2D eigenvalue weighted by Gasteiger charge is 2.12. The topological polar surface area (TPSA) is 20.3 Å². The third-order valence-electron chi connectivity index (χ3n) is 2.14. The Bertz CT molecular complexity index is 372. The molecule has 1 aromatic carbocycles. The van der Waals surface area contributed by atoms with Crippen LogP contribution in [0.4, 0.5) is 0 Å². The van der Waals surface area contributed by atoms with Crippen LogP contribution in [-0.2, 0) is 0 Å². The summed E-state index contributed by atoms with van der Waals surface area (Å²) in [5.41, 5.74) is 2.63. The molecule has 3 heteroatoms. The van der Waals surface area contributed by atoms with Crippen molar-refractivity contribution in [2.45, 2.75) is 13.8 Å². The average Bonchev–Trinajstić information content (AvgIpc) is 2.10. The van der Waals surface area contributed by atoms with Gasteiger partial charge in [0, 0.05) is 24.7 Å². The minimum Gasteiger partial charge on any atom is -0.345 e. The van der Waals surface area contributed by atoms with E-state index in [4.69, 9.17) is 11.6 Å². The summed E-state index contributed by atoms with van der Waals surface area (Å²) < 4.78 is 0. The Kier molecular flexibility index (Phi) is 3.17. The smallest absolute Gasteiger partial charge is 0.253 e. The van der Waals surface area contributed by atoms with Crippen molar-refractivity contribution in [3.63, 3.8) is 0 Å². The number of benzene rings is 1. The van der Waals surface area contributed by atoms with Gasteiger partial charge in [-0.15, -0.1) is 0 Å². The van der Waals surface area contributed by atoms with Gasteiger partial charge in [-0.1, -0.05) is 17.7 Å². The number of halogens is 1. The normalized spacial score (nSPS) is 10.1. The predicted molar refractivity (Wildman–Crippen MR) is 58.9 cm³/mol. The summed E-state index contributed by atoms with van der Waals surface area (Å²) in [5.74, 6) is -0.00981. The maximum atomic E-state index is 11.7. The molecule has 0 saturated carbocycles. The Hall–Kier alpha value is -1.02. The number of carbonyl (C=O) groups is 1. The number of hydrogen-bond donors (Lipinski definition) is 0. The molecule has 0 aliphatic carbocycles. The molecule has 0 atom stereocenters. The number of nitrogens with zero attached hydrogens (tertiary/aromatic N) is 1. The molecule has 0 spiro atoms. The van der Waals surface area contributed by atoms with E-state index in [9.17, 15) is 4.79 Å². The van der Waals surface area contributed by atoms with Crippen LogP contribution in [0.3, 0.4) is 0 Å². The molecular weight excluding hydrogens is 198 g/mol. The molecule has 14 heavy (non-hydrogen) atoms. The second kappa shape index (κ2) is 4.01. The second-order valence-electron chi connectivity index (χ2n) is 3.62. The molecule has 0 heterocycles. The van der Waals surface area contributed by atoms with E-state index in [1.165, 1.54) is 0 Å². The first-order valence-corrected chi connectivity index (χ1v) is 4.79. The lowest BCUT2D eigenvalue weighted by molar-refractivity contribution is 0.0827. The summed E-state index contributed by atoms with van der Waals surface area (Å²) in [6.45, 7) is 3.85. The quantitative estimate of drug-likeness (QED) is 0.700. The van der Waals surface area contributed by atoms with Crippen LogP contribution >= 0.6 is 11.6 Å². The number of hydrogen-bond acceptors (Lipinski definition) is 1. The van der Waals surface area contributed by atoms with E-state index in [1.54, 1.807) is 25.1 Å². The monoisotopic (exact) mass is 211 g/mol. The molecule has 0 bridgehead atoms. The van der Waals surface area contributed by atoms with E-state index >= 15 is 0 Å². The van der Waals surface area contributed by atoms with Crippen molar-refractivity contribution in [2.75, 3.05) is 14.1 Å². The zero-order valence-electron chi connectivity index (χ0n) is 8.89. The summed E-state index contributed by atoms with van der Waals surface area (Å²) in [7, 11) is 3.46. The molecular formula is C11H14ClNO. The van der Waals surface area contributed by atoms with Crippen molar-refractivity contribution < 1.29 is 4.79 Å². The van der Waals surface area contributed by atoms with Crippen LogP contribution in [0.5, 0.6) is 0 Å². The van der Waals surface area contributed by atoms with Gasteiger partial charge in [0.25, 0.3) is 5.91 Å². The minimum atomic E-state index is -0.00981. The maximum absolute atomic E-state index is 11.7. The summed E-state index contributed by atoms with van der Waals surface area (Å²) in [5, 5.41) is 0.640. The molecule has 0 fully saturated rings. The summed E-state index contributed by atoms with van der Waals surface area (Å²) >= 11 is 5.96. The summed E-state index contributed by atoms with van der Waals surface area (Å²) in [6.07, 6.45) is 0. The standard InChI is InChI=1S/C11H14ClNO/c1-7-5-8(2)10(12)6-9(7)11(14)13(3)4/h5-6H,1-4H3. The SMILES string of the molecule is Cc1cc(C)c(C(=O)N(C)C)cc1Cl. The van der Waals surface area contributed by atoms with Gasteiger partial charge in [0.2, 0.25) is 0 Å². The molecule has 0 aliphatic rings. The zero-order valence-corrected chi connectivity index (χ0v) is 9.64. The van der Waals surface area contributed by atoms with Gasteiger partial charge in [0.05, 0.1) is 0 Å². The van der Waals surface area contributed by atoms with Gasteiger partial charge in [-0.3, -0.25) is 4.79 Å². The summed E-state index contributed by atoms with van der Waals surface area (Å²) in [6, 6.07) is 3.66. The third kappa shape index (κ3) is 2.07. The maximum Gasteiger partial charge on any atom is 0.253 e. The fourth-order valence-corrected chi connectivity index (χ4v) is 1.46. The van der Waals surface area contributed by atoms with Crippen molar-refractivity contribution in [3.8, 4) is 0 Å². The molecule has 1 rings (SSSR count). The molecule has 0 unspecified atom stereocenters. The van der Waals surface area contributed by atoms with Crippen molar-refractivity contribution in [1.29, 1.82) is 0 Å². The Morgan fingerprint density at radius 2 is 1.79 bits per heavy atom. The number of amides is 1. The zero-order chi connectivity index (χ0) is 10.9. The molecule has 0 radical (unpaired) electrons. The molecule has 0 aliphatic heterocycles. The molecule has 0 aromatic heterocycles. The largest absolute Gasteiger partial charge is 0.345 e. The van der Waals surface area contributed by atoms with Gasteiger partial charge in [0.1, 0.15) is 0 Å². The average molecular weight is 212 g/mol. The van der Waals surface area contributed by atoms with Crippen LogP contribution < -0.4 is 0 Å². The van der Waals surface area contributed by atoms with Gasteiger partial charge in [0.15, 0.2) is 0 Å². The van der Waals surface area contributed by atoms with Gasteiger partial charge in [-0.2, -0.15) is 0 Å². The van der Waals surface area contributed by atoms with Crippen LogP contribution in [0.15, 0.2) is 12.1 Å². The fraction of sp³-hybridized carbons (Fsp3) is 0.364. The van der Waals surface area contributed by atoms with Crippen LogP contribution in [0.25, 0.3) is 0 Å². The highest BCUT2D eigenvalue weighted by molar-refractivity contribution is 6.31. The van der Waals surface area contributed by atoms with E-state index in [0.717, 1.165) is 11.1 Å². The van der Waals surface area contributed by atoms with E-state index in [2.05, 4.69) is 0 Å². The predicted octanol–water partition coefficient (Wildman–Crippen LogP) is 2.66. The molecule has 1 amide bonds. The molecule has 0 saturated heterocycles. The van der Waals surface area contributed by atoms with E-state index in [-0.39, 0.29) is 5.91 Å². The van der Waals surface area contributed by atoms with Crippen molar-refractivity contribution in [1.82, 2.24) is 4.90 Å². The van der Waals surface area contributed by atoms with Gasteiger partial charge in [-0.25, -0.2) is 0 Å². The Balaban J connectivity index is 3.22. The van der Waals surface area contributed by atoms with Crippen molar-refractivity contribution in [2.24, 2.45) is 0 Å². The van der Waals surface area contributed by atoms with Crippen LogP contribution in [0, 0.1) is 13.8 Å². The molecule has 0 N–H and O–H groups in total. The second-order valence-corrected chi connectivity index (χ2v) is 4.02.